The van der Waals surface area contributed by atoms with Gasteiger partial charge in [-0.1, -0.05) is 23.2 Å². The maximum absolute atomic E-state index is 9.14. The number of halogens is 3. The molecule has 0 spiro atoms. The van der Waals surface area contributed by atoms with Crippen molar-refractivity contribution >= 4 is 39.1 Å². The van der Waals surface area contributed by atoms with Crippen LogP contribution in [0.3, 0.4) is 0 Å². The van der Waals surface area contributed by atoms with E-state index in [1.54, 1.807) is 12.1 Å². The lowest BCUT2D eigenvalue weighted by molar-refractivity contribution is 0.274. The van der Waals surface area contributed by atoms with Crippen LogP contribution in [0.25, 0.3) is 0 Å². The quantitative estimate of drug-likeness (QED) is 0.855. The van der Waals surface area contributed by atoms with Gasteiger partial charge in [-0.25, -0.2) is 9.97 Å². The van der Waals surface area contributed by atoms with Crippen molar-refractivity contribution in [2.24, 2.45) is 0 Å². The summed E-state index contributed by atoms with van der Waals surface area (Å²) in [6.45, 7) is -0.224. The van der Waals surface area contributed by atoms with Crippen molar-refractivity contribution in [3.63, 3.8) is 0 Å². The van der Waals surface area contributed by atoms with Crippen molar-refractivity contribution in [2.75, 3.05) is 0 Å². The number of nitrogens with zero attached hydrogens (tertiary/aromatic N) is 2. The Morgan fingerprint density at radius 1 is 1.28 bits per heavy atom. The Bertz CT molecular complexity index is 581. The Hall–Kier alpha value is -0.880. The molecule has 18 heavy (non-hydrogen) atoms. The predicted octanol–water partition coefficient (Wildman–Crippen LogP) is 3.83. The largest absolute Gasteiger partial charge is 0.437 e. The van der Waals surface area contributed by atoms with E-state index in [0.717, 1.165) is 0 Å². The highest BCUT2D eigenvalue weighted by Gasteiger charge is 2.11. The molecule has 0 aliphatic rings. The molecule has 0 unspecified atom stereocenters. The van der Waals surface area contributed by atoms with E-state index in [-0.39, 0.29) is 12.5 Å². The molecule has 1 heterocycles. The van der Waals surface area contributed by atoms with Gasteiger partial charge in [-0.3, -0.25) is 0 Å². The number of aliphatic hydroxyl groups is 1. The predicted molar refractivity (Wildman–Crippen MR) is 72.2 cm³/mol. The topological polar surface area (TPSA) is 55.2 Å². The molecule has 0 aliphatic heterocycles. The van der Waals surface area contributed by atoms with Gasteiger partial charge in [0.15, 0.2) is 0 Å². The summed E-state index contributed by atoms with van der Waals surface area (Å²) in [6, 6.07) is 3.19. The van der Waals surface area contributed by atoms with Gasteiger partial charge in [-0.15, -0.1) is 0 Å². The third-order valence-corrected chi connectivity index (χ3v) is 3.59. The first-order valence-electron chi connectivity index (χ1n) is 4.84. The van der Waals surface area contributed by atoms with E-state index < -0.39 is 0 Å². The lowest BCUT2D eigenvalue weighted by Crippen LogP contribution is -1.96. The summed E-state index contributed by atoms with van der Waals surface area (Å²) in [5, 5.41) is 9.99. The van der Waals surface area contributed by atoms with Crippen molar-refractivity contribution in [1.82, 2.24) is 9.97 Å². The van der Waals surface area contributed by atoms with Crippen LogP contribution >= 0.6 is 39.1 Å². The van der Waals surface area contributed by atoms with Crippen molar-refractivity contribution in [3.8, 4) is 11.6 Å². The van der Waals surface area contributed by atoms with Crippen LogP contribution in [0.5, 0.6) is 11.6 Å². The average molecular weight is 350 g/mol. The number of aromatic nitrogens is 2. The number of benzene rings is 1. The fraction of sp³-hybridized carbons (Fsp3) is 0.0909. The molecule has 2 rings (SSSR count). The molecule has 1 N–H and O–H groups in total. The van der Waals surface area contributed by atoms with Crippen LogP contribution < -0.4 is 4.74 Å². The van der Waals surface area contributed by atoms with E-state index in [1.807, 2.05) is 0 Å². The van der Waals surface area contributed by atoms with Gasteiger partial charge >= 0.3 is 0 Å². The second kappa shape index (κ2) is 5.84. The van der Waals surface area contributed by atoms with E-state index in [9.17, 15) is 0 Å². The summed E-state index contributed by atoms with van der Waals surface area (Å²) in [5.74, 6) is 0.603. The van der Waals surface area contributed by atoms with Crippen LogP contribution in [0.2, 0.25) is 10.0 Å². The highest BCUT2D eigenvalue weighted by atomic mass is 79.9. The molecule has 0 atom stereocenters. The number of rotatable bonds is 3. The monoisotopic (exact) mass is 348 g/mol. The summed E-state index contributed by atoms with van der Waals surface area (Å²) >= 11 is 15.2. The Morgan fingerprint density at radius 2 is 2.06 bits per heavy atom. The zero-order valence-corrected chi connectivity index (χ0v) is 12.0. The van der Waals surface area contributed by atoms with Gasteiger partial charge in [0.05, 0.1) is 22.2 Å². The van der Waals surface area contributed by atoms with E-state index >= 15 is 0 Å². The summed E-state index contributed by atoms with van der Waals surface area (Å²) in [5.41, 5.74) is 0.465. The first kappa shape index (κ1) is 13.5. The Morgan fingerprint density at radius 3 is 2.78 bits per heavy atom. The first-order chi connectivity index (χ1) is 8.61. The second-order valence-electron chi connectivity index (χ2n) is 3.31. The van der Waals surface area contributed by atoms with E-state index in [1.165, 1.54) is 12.5 Å². The lowest BCUT2D eigenvalue weighted by atomic mass is 10.3. The SMILES string of the molecule is OCc1cncnc1Oc1cc(Cl)c(Br)cc1Cl. The van der Waals surface area contributed by atoms with Crippen LogP contribution in [-0.4, -0.2) is 15.1 Å². The Labute approximate surface area is 122 Å². The summed E-state index contributed by atoms with van der Waals surface area (Å²) in [4.78, 5) is 7.73. The molecule has 0 amide bonds. The van der Waals surface area contributed by atoms with E-state index in [4.69, 9.17) is 33.0 Å². The third-order valence-electron chi connectivity index (χ3n) is 2.10. The molecule has 1 aromatic heterocycles. The van der Waals surface area contributed by atoms with Crippen molar-refractivity contribution in [1.29, 1.82) is 0 Å². The van der Waals surface area contributed by atoms with Gasteiger partial charge in [0.2, 0.25) is 5.88 Å². The summed E-state index contributed by atoms with van der Waals surface area (Å²) in [6.07, 6.45) is 2.79. The highest BCUT2D eigenvalue weighted by molar-refractivity contribution is 9.10. The molecule has 2 aromatic rings. The van der Waals surface area contributed by atoms with Gasteiger partial charge in [0, 0.05) is 16.7 Å². The average Bonchev–Trinajstić information content (AvgIpc) is 2.36. The van der Waals surface area contributed by atoms with Crippen LogP contribution in [-0.2, 0) is 6.61 Å². The number of ether oxygens (including phenoxy) is 1. The van der Waals surface area contributed by atoms with Gasteiger partial charge in [-0.05, 0) is 22.0 Å². The second-order valence-corrected chi connectivity index (χ2v) is 4.98. The van der Waals surface area contributed by atoms with Crippen LogP contribution in [0.4, 0.5) is 0 Å². The molecule has 7 heteroatoms. The molecule has 0 aliphatic carbocycles. The molecule has 0 fully saturated rings. The minimum atomic E-state index is -0.224. The third kappa shape index (κ3) is 2.92. The van der Waals surface area contributed by atoms with Crippen molar-refractivity contribution in [3.05, 3.63) is 44.7 Å². The van der Waals surface area contributed by atoms with Crippen molar-refractivity contribution in [2.45, 2.75) is 6.61 Å². The molecule has 0 saturated carbocycles. The van der Waals surface area contributed by atoms with E-state index in [2.05, 4.69) is 25.9 Å². The molecule has 1 aromatic carbocycles. The van der Waals surface area contributed by atoms with Crippen LogP contribution in [0, 0.1) is 0 Å². The van der Waals surface area contributed by atoms with E-state index in [0.29, 0.717) is 25.8 Å². The fourth-order valence-electron chi connectivity index (χ4n) is 1.23. The van der Waals surface area contributed by atoms with Gasteiger partial charge in [0.1, 0.15) is 12.1 Å². The molecule has 0 bridgehead atoms. The molecule has 0 saturated heterocycles. The molecule has 4 nitrogen and oxygen atoms in total. The maximum Gasteiger partial charge on any atom is 0.227 e. The normalized spacial score (nSPS) is 10.4. The maximum atomic E-state index is 9.14. The van der Waals surface area contributed by atoms with Crippen LogP contribution in [0.1, 0.15) is 5.56 Å². The number of hydrogen-bond acceptors (Lipinski definition) is 4. The molecular weight excluding hydrogens is 343 g/mol. The molecule has 94 valence electrons. The zero-order valence-electron chi connectivity index (χ0n) is 8.90. The highest BCUT2D eigenvalue weighted by Crippen LogP contribution is 2.36. The first-order valence-corrected chi connectivity index (χ1v) is 6.39. The fourth-order valence-corrected chi connectivity index (χ4v) is 2.07. The number of hydrogen-bond donors (Lipinski definition) is 1. The smallest absolute Gasteiger partial charge is 0.227 e. The lowest BCUT2D eigenvalue weighted by Gasteiger charge is -2.10. The van der Waals surface area contributed by atoms with Crippen LogP contribution in [0.15, 0.2) is 29.1 Å². The Kier molecular flexibility index (Phi) is 4.40. The zero-order chi connectivity index (χ0) is 13.1. The number of aliphatic hydroxyl groups excluding tert-OH is 1. The van der Waals surface area contributed by atoms with Gasteiger partial charge < -0.3 is 9.84 Å². The summed E-state index contributed by atoms with van der Waals surface area (Å²) in [7, 11) is 0. The van der Waals surface area contributed by atoms with Crippen molar-refractivity contribution < 1.29 is 9.84 Å². The molecular formula is C11H7BrCl2N2O2. The standard InChI is InChI=1S/C11H7BrCl2N2O2/c12-7-1-9(14)10(2-8(7)13)18-11-6(4-17)3-15-5-16-11/h1-3,5,17H,4H2. The molecule has 0 radical (unpaired) electrons. The van der Waals surface area contributed by atoms with Gasteiger partial charge in [-0.2, -0.15) is 0 Å². The van der Waals surface area contributed by atoms with Gasteiger partial charge in [0.25, 0.3) is 0 Å². The summed E-state index contributed by atoms with van der Waals surface area (Å²) < 4.78 is 6.19. The minimum absolute atomic E-state index is 0.224. The Balaban J connectivity index is 2.37. The minimum Gasteiger partial charge on any atom is -0.437 e.